The van der Waals surface area contributed by atoms with Crippen molar-refractivity contribution in [2.45, 2.75) is 33.6 Å². The Morgan fingerprint density at radius 3 is 2.64 bits per heavy atom. The van der Waals surface area contributed by atoms with Crippen molar-refractivity contribution in [3.05, 3.63) is 38.4 Å². The third-order valence-electron chi connectivity index (χ3n) is 4.99. The van der Waals surface area contributed by atoms with Crippen LogP contribution in [0.1, 0.15) is 30.9 Å². The maximum Gasteiger partial charge on any atom is 0.307 e. The maximum atomic E-state index is 12.1. The van der Waals surface area contributed by atoms with E-state index in [1.807, 2.05) is 13.0 Å². The molecule has 0 heterocycles. The van der Waals surface area contributed by atoms with Crippen molar-refractivity contribution in [1.82, 2.24) is 0 Å². The highest BCUT2D eigenvalue weighted by Crippen LogP contribution is 2.36. The molecule has 1 amide bonds. The first kappa shape index (κ1) is 21.8. The van der Waals surface area contributed by atoms with Crippen molar-refractivity contribution < 1.29 is 24.0 Å². The first-order valence-electron chi connectivity index (χ1n) is 8.95. The topological polar surface area (TPSA) is 116 Å². The zero-order valence-electron chi connectivity index (χ0n) is 16.0. The highest BCUT2D eigenvalue weighted by Gasteiger charge is 2.44. The number of anilines is 1. The van der Waals surface area contributed by atoms with E-state index in [0.29, 0.717) is 10.7 Å². The number of ether oxygens (including phenoxy) is 1. The SMILES string of the molecule is Cc1cc(C)c(NC(=O)COC(=O)C[C@H]2C(=O)C[C@@H](C)[C@@H]2C[N+](=O)[O-])c(Cl)c1. The number of Topliss-reactive ketones (excluding diaryl/α,β-unsaturated/α-hetero) is 1. The summed E-state index contributed by atoms with van der Waals surface area (Å²) in [7, 11) is 0. The molecule has 1 fully saturated rings. The number of nitrogens with zero attached hydrogens (tertiary/aromatic N) is 1. The minimum Gasteiger partial charge on any atom is -0.456 e. The van der Waals surface area contributed by atoms with Gasteiger partial charge in [-0.15, -0.1) is 0 Å². The van der Waals surface area contributed by atoms with E-state index in [4.69, 9.17) is 16.3 Å². The first-order valence-corrected chi connectivity index (χ1v) is 9.33. The molecule has 3 atom stereocenters. The lowest BCUT2D eigenvalue weighted by Crippen LogP contribution is -2.28. The van der Waals surface area contributed by atoms with Gasteiger partial charge in [-0.25, -0.2) is 0 Å². The number of nitrogens with one attached hydrogen (secondary N) is 1. The van der Waals surface area contributed by atoms with Gasteiger partial charge in [0.05, 0.1) is 17.1 Å². The normalized spacial score (nSPS) is 21.4. The van der Waals surface area contributed by atoms with E-state index in [1.165, 1.54) is 0 Å². The third-order valence-corrected chi connectivity index (χ3v) is 5.29. The Kier molecular flexibility index (Phi) is 7.12. The summed E-state index contributed by atoms with van der Waals surface area (Å²) in [6.45, 7) is 4.54. The molecule has 1 N–H and O–H groups in total. The summed E-state index contributed by atoms with van der Waals surface area (Å²) in [5.74, 6) is -2.88. The Morgan fingerprint density at radius 1 is 1.36 bits per heavy atom. The summed E-state index contributed by atoms with van der Waals surface area (Å²) in [5, 5.41) is 13.8. The minimum atomic E-state index is -0.746. The Labute approximate surface area is 167 Å². The molecule has 0 aliphatic heterocycles. The number of carbonyl (C=O) groups is 3. The molecule has 0 unspecified atom stereocenters. The van der Waals surface area contributed by atoms with Gasteiger partial charge in [0.1, 0.15) is 5.78 Å². The Bertz CT molecular complexity index is 787. The summed E-state index contributed by atoms with van der Waals surface area (Å²) >= 11 is 6.13. The van der Waals surface area contributed by atoms with Gasteiger partial charge in [-0.3, -0.25) is 24.5 Å². The molecular weight excluding hydrogens is 388 g/mol. The van der Waals surface area contributed by atoms with Gasteiger partial charge in [-0.05, 0) is 37.0 Å². The average molecular weight is 411 g/mol. The van der Waals surface area contributed by atoms with Crippen LogP contribution in [0.15, 0.2) is 12.1 Å². The van der Waals surface area contributed by atoms with Gasteiger partial charge >= 0.3 is 5.97 Å². The second kappa shape index (κ2) is 9.14. The van der Waals surface area contributed by atoms with Crippen LogP contribution >= 0.6 is 11.6 Å². The molecule has 2 rings (SSSR count). The van der Waals surface area contributed by atoms with E-state index in [1.54, 1.807) is 19.9 Å². The van der Waals surface area contributed by atoms with Crippen LogP contribution in [-0.4, -0.2) is 35.7 Å². The zero-order chi connectivity index (χ0) is 21.0. The van der Waals surface area contributed by atoms with Crippen LogP contribution in [-0.2, 0) is 19.1 Å². The van der Waals surface area contributed by atoms with E-state index in [9.17, 15) is 24.5 Å². The number of aryl methyl sites for hydroxylation is 2. The number of ketones is 1. The number of carbonyl (C=O) groups excluding carboxylic acids is 3. The predicted molar refractivity (Wildman–Crippen MR) is 103 cm³/mol. The molecule has 1 saturated carbocycles. The third kappa shape index (κ3) is 5.51. The van der Waals surface area contributed by atoms with Crippen LogP contribution < -0.4 is 5.32 Å². The van der Waals surface area contributed by atoms with E-state index in [-0.39, 0.29) is 31.1 Å². The molecule has 0 spiro atoms. The van der Waals surface area contributed by atoms with E-state index in [0.717, 1.165) is 11.1 Å². The standard InChI is InChI=1S/C19H23ClN2O6/c1-10-4-12(3)19(15(20)5-10)21-17(24)9-28-18(25)7-13-14(8-22(26)27)11(2)6-16(13)23/h4-5,11,13-14H,6-9H2,1-3H3,(H,21,24)/t11-,13-,14+/m1/s1. The van der Waals surface area contributed by atoms with Gasteiger partial charge in [0.15, 0.2) is 6.61 Å². The predicted octanol–water partition coefficient (Wildman–Crippen LogP) is 2.95. The summed E-state index contributed by atoms with van der Waals surface area (Å²) in [5.41, 5.74) is 2.17. The monoisotopic (exact) mass is 410 g/mol. The molecule has 1 aromatic rings. The molecule has 0 saturated heterocycles. The van der Waals surface area contributed by atoms with Gasteiger partial charge in [0, 0.05) is 23.2 Å². The number of nitro groups is 1. The Balaban J connectivity index is 1.90. The minimum absolute atomic E-state index is 0.161. The van der Waals surface area contributed by atoms with E-state index >= 15 is 0 Å². The number of hydrogen-bond donors (Lipinski definition) is 1. The number of halogens is 1. The van der Waals surface area contributed by atoms with Crippen LogP contribution in [0.5, 0.6) is 0 Å². The van der Waals surface area contributed by atoms with Gasteiger partial charge < -0.3 is 10.1 Å². The van der Waals surface area contributed by atoms with Crippen LogP contribution in [0.25, 0.3) is 0 Å². The molecule has 1 aliphatic rings. The van der Waals surface area contributed by atoms with Crippen molar-refractivity contribution in [2.75, 3.05) is 18.5 Å². The van der Waals surface area contributed by atoms with Gasteiger partial charge in [0.2, 0.25) is 6.54 Å². The highest BCUT2D eigenvalue weighted by molar-refractivity contribution is 6.34. The fourth-order valence-electron chi connectivity index (χ4n) is 3.63. The number of hydrogen-bond acceptors (Lipinski definition) is 6. The number of amides is 1. The van der Waals surface area contributed by atoms with Crippen LogP contribution in [0.3, 0.4) is 0 Å². The number of benzene rings is 1. The molecule has 8 nitrogen and oxygen atoms in total. The number of esters is 1. The van der Waals surface area contributed by atoms with Gasteiger partial charge in [-0.2, -0.15) is 0 Å². The summed E-state index contributed by atoms with van der Waals surface area (Å²) in [6.07, 6.45) is -0.0542. The zero-order valence-corrected chi connectivity index (χ0v) is 16.7. The molecule has 1 aliphatic carbocycles. The molecule has 0 aromatic heterocycles. The van der Waals surface area contributed by atoms with Crippen molar-refractivity contribution in [3.8, 4) is 0 Å². The summed E-state index contributed by atoms with van der Waals surface area (Å²) < 4.78 is 4.96. The van der Waals surface area contributed by atoms with Crippen molar-refractivity contribution >= 4 is 34.9 Å². The Morgan fingerprint density at radius 2 is 2.04 bits per heavy atom. The fourth-order valence-corrected chi connectivity index (χ4v) is 4.00. The van der Waals surface area contributed by atoms with Crippen LogP contribution in [0.4, 0.5) is 5.69 Å². The van der Waals surface area contributed by atoms with E-state index in [2.05, 4.69) is 5.32 Å². The van der Waals surface area contributed by atoms with Crippen molar-refractivity contribution in [3.63, 3.8) is 0 Å². The summed E-state index contributed by atoms with van der Waals surface area (Å²) in [4.78, 5) is 46.5. The van der Waals surface area contributed by atoms with Crippen molar-refractivity contribution in [1.29, 1.82) is 0 Å². The van der Waals surface area contributed by atoms with Crippen LogP contribution in [0, 0.1) is 41.7 Å². The van der Waals surface area contributed by atoms with E-state index < -0.39 is 35.2 Å². The second-order valence-corrected chi connectivity index (χ2v) is 7.69. The molecule has 0 radical (unpaired) electrons. The largest absolute Gasteiger partial charge is 0.456 e. The molecule has 9 heteroatoms. The second-order valence-electron chi connectivity index (χ2n) is 7.29. The molecule has 28 heavy (non-hydrogen) atoms. The van der Waals surface area contributed by atoms with Gasteiger partial charge in [0.25, 0.3) is 5.91 Å². The van der Waals surface area contributed by atoms with Crippen molar-refractivity contribution in [2.24, 2.45) is 17.8 Å². The lowest BCUT2D eigenvalue weighted by Gasteiger charge is -2.17. The maximum absolute atomic E-state index is 12.1. The molecule has 0 bridgehead atoms. The number of rotatable bonds is 7. The molecule has 152 valence electrons. The smallest absolute Gasteiger partial charge is 0.307 e. The Hall–Kier alpha value is -2.48. The average Bonchev–Trinajstić information content (AvgIpc) is 2.82. The molecular formula is C19H23ClN2O6. The molecule has 1 aromatic carbocycles. The fraction of sp³-hybridized carbons (Fsp3) is 0.526. The first-order chi connectivity index (χ1) is 13.1. The summed E-state index contributed by atoms with van der Waals surface area (Å²) in [6, 6.07) is 3.56. The highest BCUT2D eigenvalue weighted by atomic mass is 35.5. The van der Waals surface area contributed by atoms with Gasteiger partial charge in [-0.1, -0.05) is 24.6 Å². The van der Waals surface area contributed by atoms with Crippen LogP contribution in [0.2, 0.25) is 5.02 Å². The lowest BCUT2D eigenvalue weighted by atomic mass is 9.88. The lowest BCUT2D eigenvalue weighted by molar-refractivity contribution is -0.490. The quantitative estimate of drug-likeness (QED) is 0.419.